The number of ether oxygens (including phenoxy) is 1. The molecule has 0 aromatic heterocycles. The maximum atomic E-state index is 12.5. The molecular weight excluding hydrogens is 512 g/mol. The van der Waals surface area contributed by atoms with E-state index in [2.05, 4.69) is 20.8 Å². The van der Waals surface area contributed by atoms with Gasteiger partial charge in [0.2, 0.25) is 0 Å². The number of carbonyl (C=O) groups excluding carboxylic acids is 1. The second-order valence-electron chi connectivity index (χ2n) is 13.8. The van der Waals surface area contributed by atoms with E-state index in [9.17, 15) is 4.79 Å². The summed E-state index contributed by atoms with van der Waals surface area (Å²) in [6.45, 7) is 7.55. The van der Waals surface area contributed by atoms with E-state index >= 15 is 0 Å². The molecule has 2 nitrogen and oxygen atoms in total. The highest BCUT2D eigenvalue weighted by molar-refractivity contribution is 5.69. The van der Waals surface area contributed by atoms with Crippen LogP contribution in [0.5, 0.6) is 0 Å². The van der Waals surface area contributed by atoms with Gasteiger partial charge in [-0.1, -0.05) is 213 Å². The van der Waals surface area contributed by atoms with E-state index in [1.807, 2.05) is 0 Å². The van der Waals surface area contributed by atoms with E-state index in [1.165, 1.54) is 205 Å². The third-order valence-electron chi connectivity index (χ3n) is 9.40. The smallest absolute Gasteiger partial charge is 0.305 e. The molecule has 0 aliphatic carbocycles. The van der Waals surface area contributed by atoms with E-state index in [4.69, 9.17) is 4.74 Å². The second kappa shape index (κ2) is 36.7. The van der Waals surface area contributed by atoms with Gasteiger partial charge in [-0.25, -0.2) is 0 Å². The van der Waals surface area contributed by atoms with Crippen LogP contribution in [0.15, 0.2) is 0 Å². The minimum atomic E-state index is 0.0575. The Morgan fingerprint density at radius 1 is 0.381 bits per heavy atom. The number of esters is 1. The van der Waals surface area contributed by atoms with Crippen LogP contribution in [0, 0.1) is 5.92 Å². The molecule has 2 heteroatoms. The summed E-state index contributed by atoms with van der Waals surface area (Å²) >= 11 is 0. The molecule has 252 valence electrons. The average molecular weight is 593 g/mol. The third kappa shape index (κ3) is 34.0. The molecule has 0 aliphatic heterocycles. The van der Waals surface area contributed by atoms with Gasteiger partial charge in [0.25, 0.3) is 0 Å². The lowest BCUT2D eigenvalue weighted by molar-refractivity contribution is -0.145. The Bertz CT molecular complexity index is 502. The van der Waals surface area contributed by atoms with E-state index in [1.54, 1.807) is 0 Å². The quantitative estimate of drug-likeness (QED) is 0.0534. The molecular formula is C40H80O2. The lowest BCUT2D eigenvalue weighted by atomic mass is 9.94. The van der Waals surface area contributed by atoms with Crippen LogP contribution in [0.3, 0.4) is 0 Å². The molecule has 0 spiro atoms. The van der Waals surface area contributed by atoms with Crippen molar-refractivity contribution in [3.8, 4) is 0 Å². The Morgan fingerprint density at radius 3 is 0.952 bits per heavy atom. The molecule has 0 saturated heterocycles. The van der Waals surface area contributed by atoms with Gasteiger partial charge in [0.1, 0.15) is 0 Å². The summed E-state index contributed by atoms with van der Waals surface area (Å²) in [7, 11) is 0. The van der Waals surface area contributed by atoms with Crippen LogP contribution >= 0.6 is 0 Å². The lowest BCUT2D eigenvalue weighted by Crippen LogP contribution is -2.14. The summed E-state index contributed by atoms with van der Waals surface area (Å²) in [5, 5.41) is 0. The summed E-state index contributed by atoms with van der Waals surface area (Å²) in [6, 6.07) is 0. The zero-order valence-electron chi connectivity index (χ0n) is 29.6. The highest BCUT2D eigenvalue weighted by atomic mass is 16.5. The summed E-state index contributed by atoms with van der Waals surface area (Å²) < 4.78 is 5.84. The number of rotatable bonds is 36. The predicted molar refractivity (Wildman–Crippen MR) is 188 cm³/mol. The standard InChI is InChI=1S/C40H80O2/c1-4-7-10-13-16-19-21-22-23-25-28-31-34-37-40(41)42-38-39(35-32-29-26-18-15-12-9-6-3)36-33-30-27-24-20-17-14-11-8-5-2/h39H,4-38H2,1-3H3/t39-/m1/s1. The minimum Gasteiger partial charge on any atom is -0.465 e. The Labute approximate surface area is 266 Å². The molecule has 0 N–H and O–H groups in total. The summed E-state index contributed by atoms with van der Waals surface area (Å²) in [4.78, 5) is 12.5. The average Bonchev–Trinajstić information content (AvgIpc) is 3.00. The van der Waals surface area contributed by atoms with Crippen molar-refractivity contribution < 1.29 is 9.53 Å². The van der Waals surface area contributed by atoms with Gasteiger partial charge in [0, 0.05) is 6.42 Å². The van der Waals surface area contributed by atoms with Crippen LogP contribution in [-0.2, 0) is 9.53 Å². The molecule has 0 unspecified atom stereocenters. The Morgan fingerprint density at radius 2 is 0.643 bits per heavy atom. The lowest BCUT2D eigenvalue weighted by Gasteiger charge is -2.17. The molecule has 0 aromatic carbocycles. The fourth-order valence-corrected chi connectivity index (χ4v) is 6.37. The third-order valence-corrected chi connectivity index (χ3v) is 9.40. The van der Waals surface area contributed by atoms with Crippen LogP contribution in [0.2, 0.25) is 0 Å². The van der Waals surface area contributed by atoms with Crippen molar-refractivity contribution >= 4 is 5.97 Å². The molecule has 0 radical (unpaired) electrons. The first-order valence-corrected chi connectivity index (χ1v) is 19.9. The zero-order valence-corrected chi connectivity index (χ0v) is 29.6. The molecule has 0 heterocycles. The zero-order chi connectivity index (χ0) is 30.6. The normalized spacial score (nSPS) is 12.2. The Kier molecular flexibility index (Phi) is 36.2. The van der Waals surface area contributed by atoms with E-state index < -0.39 is 0 Å². The highest BCUT2D eigenvalue weighted by Crippen LogP contribution is 2.21. The van der Waals surface area contributed by atoms with Gasteiger partial charge in [-0.05, 0) is 25.2 Å². The van der Waals surface area contributed by atoms with Gasteiger partial charge in [-0.3, -0.25) is 4.79 Å². The van der Waals surface area contributed by atoms with Gasteiger partial charge in [-0.2, -0.15) is 0 Å². The molecule has 0 aromatic rings. The molecule has 0 fully saturated rings. The number of carbonyl (C=O) groups is 1. The molecule has 0 rings (SSSR count). The highest BCUT2D eigenvalue weighted by Gasteiger charge is 2.12. The molecule has 0 aliphatic rings. The maximum absolute atomic E-state index is 12.5. The minimum absolute atomic E-state index is 0.0575. The van der Waals surface area contributed by atoms with Crippen molar-refractivity contribution in [2.75, 3.05) is 6.61 Å². The van der Waals surface area contributed by atoms with Gasteiger partial charge >= 0.3 is 5.97 Å². The molecule has 42 heavy (non-hydrogen) atoms. The van der Waals surface area contributed by atoms with Gasteiger partial charge in [0.15, 0.2) is 0 Å². The number of hydrogen-bond acceptors (Lipinski definition) is 2. The van der Waals surface area contributed by atoms with Crippen molar-refractivity contribution in [1.29, 1.82) is 0 Å². The maximum Gasteiger partial charge on any atom is 0.305 e. The van der Waals surface area contributed by atoms with E-state index in [0.717, 1.165) is 6.42 Å². The van der Waals surface area contributed by atoms with Gasteiger partial charge < -0.3 is 4.74 Å². The first kappa shape index (κ1) is 41.5. The van der Waals surface area contributed by atoms with Crippen molar-refractivity contribution in [3.05, 3.63) is 0 Å². The van der Waals surface area contributed by atoms with E-state index in [-0.39, 0.29) is 5.97 Å². The fourth-order valence-electron chi connectivity index (χ4n) is 6.37. The molecule has 0 bridgehead atoms. The first-order chi connectivity index (χ1) is 20.7. The fraction of sp³-hybridized carbons (Fsp3) is 0.975. The largest absolute Gasteiger partial charge is 0.465 e. The van der Waals surface area contributed by atoms with E-state index in [0.29, 0.717) is 18.9 Å². The Balaban J connectivity index is 3.94. The molecule has 0 amide bonds. The molecule has 0 saturated carbocycles. The summed E-state index contributed by atoms with van der Waals surface area (Å²) in [5.41, 5.74) is 0. The van der Waals surface area contributed by atoms with Crippen molar-refractivity contribution in [3.63, 3.8) is 0 Å². The topological polar surface area (TPSA) is 26.3 Å². The van der Waals surface area contributed by atoms with Crippen LogP contribution in [-0.4, -0.2) is 12.6 Å². The monoisotopic (exact) mass is 593 g/mol. The summed E-state index contributed by atoms with van der Waals surface area (Å²) in [6.07, 6.45) is 45.5. The van der Waals surface area contributed by atoms with Gasteiger partial charge in [-0.15, -0.1) is 0 Å². The van der Waals surface area contributed by atoms with Crippen LogP contribution in [0.1, 0.15) is 239 Å². The van der Waals surface area contributed by atoms with Crippen molar-refractivity contribution in [2.45, 2.75) is 239 Å². The molecule has 1 atom stereocenters. The van der Waals surface area contributed by atoms with Crippen LogP contribution in [0.4, 0.5) is 0 Å². The van der Waals surface area contributed by atoms with Gasteiger partial charge in [0.05, 0.1) is 6.61 Å². The van der Waals surface area contributed by atoms with Crippen LogP contribution < -0.4 is 0 Å². The van der Waals surface area contributed by atoms with Crippen LogP contribution in [0.25, 0.3) is 0 Å². The van der Waals surface area contributed by atoms with Crippen molar-refractivity contribution in [2.24, 2.45) is 5.92 Å². The second-order valence-corrected chi connectivity index (χ2v) is 13.8. The number of unbranched alkanes of at least 4 members (excludes halogenated alkanes) is 28. The summed E-state index contributed by atoms with van der Waals surface area (Å²) in [5.74, 6) is 0.636. The SMILES string of the molecule is CCCCCCCCCCCCCCCC(=O)OC[C@H](CCCCCCCCCC)CCCCCCCCCCCC. The first-order valence-electron chi connectivity index (χ1n) is 19.9. The number of hydrogen-bond donors (Lipinski definition) is 0. The van der Waals surface area contributed by atoms with Crippen molar-refractivity contribution in [1.82, 2.24) is 0 Å². The predicted octanol–water partition coefficient (Wildman–Crippen LogP) is 14.5. The Hall–Kier alpha value is -0.530.